The normalized spacial score (nSPS) is 14.8. The summed E-state index contributed by atoms with van der Waals surface area (Å²) in [4.78, 5) is 16.8. The van der Waals surface area contributed by atoms with Gasteiger partial charge in [-0.15, -0.1) is 0 Å². The van der Waals surface area contributed by atoms with Gasteiger partial charge in [0.25, 0.3) is 0 Å². The van der Waals surface area contributed by atoms with Gasteiger partial charge in [0.1, 0.15) is 5.82 Å². The van der Waals surface area contributed by atoms with Crippen LogP contribution in [0.2, 0.25) is 0 Å². The van der Waals surface area contributed by atoms with Crippen LogP contribution in [0.1, 0.15) is 18.1 Å². The lowest BCUT2D eigenvalue weighted by molar-refractivity contribution is 0.252. The Hall–Kier alpha value is -3.46. The van der Waals surface area contributed by atoms with Gasteiger partial charge in [-0.2, -0.15) is 0 Å². The van der Waals surface area contributed by atoms with Crippen molar-refractivity contribution in [3.63, 3.8) is 0 Å². The van der Waals surface area contributed by atoms with E-state index in [1.165, 1.54) is 17.1 Å². The molecule has 166 valence electrons. The zero-order valence-corrected chi connectivity index (χ0v) is 19.4. The monoisotopic (exact) mass is 497 g/mol. The van der Waals surface area contributed by atoms with Crippen LogP contribution >= 0.6 is 15.9 Å². The topological polar surface area (TPSA) is 83.2 Å². The maximum Gasteiger partial charge on any atom is 0.319 e. The summed E-state index contributed by atoms with van der Waals surface area (Å²) in [5, 5.41) is 15.3. The predicted octanol–water partition coefficient (Wildman–Crippen LogP) is 5.48. The third-order valence-corrected chi connectivity index (χ3v) is 4.93. The van der Waals surface area contributed by atoms with Crippen LogP contribution in [0.4, 0.5) is 14.9 Å². The largest absolute Gasteiger partial charge is 0.462 e. The summed E-state index contributed by atoms with van der Waals surface area (Å²) in [5.74, 6) is 0.614. The number of amides is 2. The van der Waals surface area contributed by atoms with Crippen LogP contribution in [-0.2, 0) is 0 Å². The minimum atomic E-state index is -0.513. The van der Waals surface area contributed by atoms with E-state index in [-0.39, 0.29) is 18.8 Å². The van der Waals surface area contributed by atoms with Crippen LogP contribution in [0.25, 0.3) is 5.32 Å². The first-order valence-corrected chi connectivity index (χ1v) is 10.7. The fourth-order valence-corrected chi connectivity index (χ4v) is 3.28. The molecule has 32 heavy (non-hydrogen) atoms. The fraction of sp³-hybridized carbons (Fsp3) is 0.174. The predicted molar refractivity (Wildman–Crippen MR) is 130 cm³/mol. The second kappa shape index (κ2) is 10.7. The molecule has 0 unspecified atom stereocenters. The zero-order chi connectivity index (χ0) is 23.1. The molecular formula is C23H23BrFN6O-. The number of carbonyl (C=O) groups is 1. The molecule has 0 radical (unpaired) electrons. The molecule has 0 atom stereocenters. The molecule has 1 heterocycles. The first-order valence-electron chi connectivity index (χ1n) is 9.87. The average Bonchev–Trinajstić information content (AvgIpc) is 2.78. The summed E-state index contributed by atoms with van der Waals surface area (Å²) in [6.07, 6.45) is 1.83. The van der Waals surface area contributed by atoms with Crippen LogP contribution in [0.3, 0.4) is 0 Å². The fourth-order valence-electron chi connectivity index (χ4n) is 3.03. The number of anilines is 1. The quantitative estimate of drug-likeness (QED) is 0.392. The van der Waals surface area contributed by atoms with Gasteiger partial charge in [-0.3, -0.25) is 10.1 Å². The van der Waals surface area contributed by atoms with Crippen molar-refractivity contribution in [3.05, 3.63) is 93.0 Å². The van der Waals surface area contributed by atoms with Crippen LogP contribution in [0, 0.1) is 12.7 Å². The van der Waals surface area contributed by atoms with Crippen LogP contribution in [0.5, 0.6) is 0 Å². The molecule has 0 aliphatic carbocycles. The first kappa shape index (κ1) is 23.2. The van der Waals surface area contributed by atoms with Crippen LogP contribution in [-0.4, -0.2) is 36.6 Å². The van der Waals surface area contributed by atoms with E-state index in [0.717, 1.165) is 21.3 Å². The highest BCUT2D eigenvalue weighted by atomic mass is 79.9. The van der Waals surface area contributed by atoms with Crippen molar-refractivity contribution in [2.24, 2.45) is 10.1 Å². The molecule has 0 fully saturated rings. The van der Waals surface area contributed by atoms with Crippen LogP contribution in [0.15, 0.2) is 80.8 Å². The number of hydrazone groups is 1. The molecule has 1 aliphatic heterocycles. The molecule has 0 spiro atoms. The Morgan fingerprint density at radius 2 is 1.97 bits per heavy atom. The van der Waals surface area contributed by atoms with Crippen molar-refractivity contribution < 1.29 is 9.18 Å². The van der Waals surface area contributed by atoms with Crippen LogP contribution < -0.4 is 10.6 Å². The second-order valence-corrected chi connectivity index (χ2v) is 8.06. The van der Waals surface area contributed by atoms with Crippen molar-refractivity contribution >= 4 is 40.1 Å². The highest BCUT2D eigenvalue weighted by Crippen LogP contribution is 2.30. The molecule has 2 aromatic carbocycles. The number of aryl methyl sites for hydroxylation is 1. The third-order valence-electron chi connectivity index (χ3n) is 4.57. The van der Waals surface area contributed by atoms with E-state index in [4.69, 9.17) is 4.99 Å². The maximum absolute atomic E-state index is 13.7. The average molecular weight is 498 g/mol. The van der Waals surface area contributed by atoms with Crippen molar-refractivity contribution in [2.75, 3.05) is 18.4 Å². The minimum absolute atomic E-state index is 0.112. The Bertz CT molecular complexity index is 1110. The van der Waals surface area contributed by atoms with Gasteiger partial charge >= 0.3 is 6.03 Å². The molecule has 0 aromatic heterocycles. The van der Waals surface area contributed by atoms with Crippen molar-refractivity contribution in [1.82, 2.24) is 10.3 Å². The van der Waals surface area contributed by atoms with E-state index in [9.17, 15) is 9.18 Å². The number of nitrogens with zero attached hydrogens (tertiary/aromatic N) is 4. The molecule has 0 saturated carbocycles. The van der Waals surface area contributed by atoms with E-state index >= 15 is 0 Å². The lowest BCUT2D eigenvalue weighted by atomic mass is 10.0. The number of allylic oxidation sites excluding steroid dienone is 2. The second-order valence-electron chi connectivity index (χ2n) is 6.87. The molecule has 2 aromatic rings. The lowest BCUT2D eigenvalue weighted by Crippen LogP contribution is -2.31. The number of carbonyl (C=O) groups excluding carboxylic acids is 1. The summed E-state index contributed by atoms with van der Waals surface area (Å²) < 4.78 is 14.4. The number of hydrogen-bond donors (Lipinski definition) is 2. The Balaban J connectivity index is 1.68. The summed E-state index contributed by atoms with van der Waals surface area (Å²) in [7, 11) is 0. The Morgan fingerprint density at radius 3 is 2.66 bits per heavy atom. The number of urea groups is 1. The SMILES string of the molecule is C=NN1C([N-]CCNC(=O)Nc2ccccc2F)=CC(c2ccccc2C)=N/C1=C(/C)Br. The smallest absolute Gasteiger partial charge is 0.319 e. The molecule has 1 aliphatic rings. The number of rotatable bonds is 7. The van der Waals surface area contributed by atoms with Gasteiger partial charge in [-0.1, -0.05) is 52.3 Å². The molecule has 7 nitrogen and oxygen atoms in total. The molecule has 3 rings (SSSR count). The van der Waals surface area contributed by atoms with Gasteiger partial charge in [0.05, 0.1) is 17.2 Å². The molecular weight excluding hydrogens is 475 g/mol. The van der Waals surface area contributed by atoms with Gasteiger partial charge in [0.2, 0.25) is 0 Å². The third kappa shape index (κ3) is 5.61. The number of hydrogen-bond acceptors (Lipinski definition) is 4. The van der Waals surface area contributed by atoms with E-state index in [2.05, 4.69) is 43.7 Å². The highest BCUT2D eigenvalue weighted by Gasteiger charge is 2.15. The molecule has 9 heteroatoms. The van der Waals surface area contributed by atoms with E-state index in [0.29, 0.717) is 11.6 Å². The van der Waals surface area contributed by atoms with E-state index in [1.807, 2.05) is 44.2 Å². The van der Waals surface area contributed by atoms with E-state index in [1.54, 1.807) is 12.1 Å². The molecule has 2 N–H and O–H groups in total. The number of para-hydroxylation sites is 1. The van der Waals surface area contributed by atoms with Crippen molar-refractivity contribution in [3.8, 4) is 0 Å². The molecule has 0 saturated heterocycles. The standard InChI is InChI=1S/C23H24BrFN6O/c1-15-8-4-5-9-17(15)20-14-21(31(26-3)22(29-20)16(2)24)27-12-13-28-23(32)30-19-11-7-6-10-18(19)25/h4-11,14H,3,12-13H2,1-2H3,(H3,27,28,29,30,32)/p-1/b22-16+. The summed E-state index contributed by atoms with van der Waals surface area (Å²) in [5.41, 5.74) is 2.93. The Morgan fingerprint density at radius 1 is 1.25 bits per heavy atom. The van der Waals surface area contributed by atoms with Gasteiger partial charge < -0.3 is 21.0 Å². The Labute approximate surface area is 194 Å². The van der Waals surface area contributed by atoms with Gasteiger partial charge in [-0.05, 0) is 56.7 Å². The number of benzene rings is 2. The van der Waals surface area contributed by atoms with Gasteiger partial charge in [0.15, 0.2) is 0 Å². The summed E-state index contributed by atoms with van der Waals surface area (Å²) >= 11 is 3.48. The first-order chi connectivity index (χ1) is 15.4. The highest BCUT2D eigenvalue weighted by molar-refractivity contribution is 9.11. The number of halogens is 2. The Kier molecular flexibility index (Phi) is 7.77. The van der Waals surface area contributed by atoms with Crippen molar-refractivity contribution in [2.45, 2.75) is 13.8 Å². The summed E-state index contributed by atoms with van der Waals surface area (Å²) in [6.45, 7) is 8.03. The van der Waals surface area contributed by atoms with Crippen molar-refractivity contribution in [1.29, 1.82) is 0 Å². The molecule has 2 amide bonds. The van der Waals surface area contributed by atoms with E-state index < -0.39 is 11.8 Å². The minimum Gasteiger partial charge on any atom is -0.462 e. The van der Waals surface area contributed by atoms with Gasteiger partial charge in [0, 0.05) is 16.6 Å². The number of nitrogens with one attached hydrogen (secondary N) is 2. The van der Waals surface area contributed by atoms with Gasteiger partial charge in [-0.25, -0.2) is 9.18 Å². The molecule has 0 bridgehead atoms. The number of aliphatic imine (C=N–C) groups is 1. The zero-order valence-electron chi connectivity index (χ0n) is 17.8. The lowest BCUT2D eigenvalue weighted by Gasteiger charge is -2.37. The maximum atomic E-state index is 13.7. The summed E-state index contributed by atoms with van der Waals surface area (Å²) in [6, 6.07) is 13.4.